The van der Waals surface area contributed by atoms with E-state index < -0.39 is 6.42 Å². The van der Waals surface area contributed by atoms with Gasteiger partial charge in [-0.25, -0.2) is 0 Å². The van der Waals surface area contributed by atoms with Crippen molar-refractivity contribution < 1.29 is 0 Å². The van der Waals surface area contributed by atoms with Gasteiger partial charge in [0.2, 0.25) is 0 Å². The summed E-state index contributed by atoms with van der Waals surface area (Å²) in [6.45, 7) is 11.6. The first-order valence-electron chi connectivity index (χ1n) is 6.86. The SMILES string of the molecule is CCC1N[B-](CC)(CC)NC(CC)C1C. The number of rotatable bonds is 4. The smallest absolute Gasteiger partial charge is 0.124 e. The molecule has 0 radical (unpaired) electrons. The van der Waals surface area contributed by atoms with E-state index in [-0.39, 0.29) is 0 Å². The monoisotopic (exact) mass is 211 g/mol. The Labute approximate surface area is 95.6 Å². The maximum Gasteiger partial charge on any atom is 0.124 e. The Bertz CT molecular complexity index is 176. The predicted octanol–water partition coefficient (Wildman–Crippen LogP) is 2.85. The van der Waals surface area contributed by atoms with Gasteiger partial charge in [0.05, 0.1) is 0 Å². The summed E-state index contributed by atoms with van der Waals surface area (Å²) in [6.07, 6.45) is 4.47. The first kappa shape index (κ1) is 13.1. The zero-order valence-corrected chi connectivity index (χ0v) is 11.1. The van der Waals surface area contributed by atoms with Crippen LogP contribution in [0.3, 0.4) is 0 Å². The highest BCUT2D eigenvalue weighted by molar-refractivity contribution is 6.75. The molecular formula is C12H28BN2-. The fraction of sp³-hybridized carbons (Fsp3) is 1.00. The van der Waals surface area contributed by atoms with E-state index in [1.165, 1.54) is 25.5 Å². The molecule has 1 fully saturated rings. The molecule has 2 atom stereocenters. The quantitative estimate of drug-likeness (QED) is 0.698. The first-order valence-corrected chi connectivity index (χ1v) is 6.86. The molecule has 0 aliphatic carbocycles. The molecule has 0 bridgehead atoms. The Balaban J connectivity index is 2.79. The minimum Gasteiger partial charge on any atom is -0.472 e. The summed E-state index contributed by atoms with van der Waals surface area (Å²) in [7, 11) is 0. The van der Waals surface area contributed by atoms with Gasteiger partial charge in [0.1, 0.15) is 6.42 Å². The van der Waals surface area contributed by atoms with Crippen molar-refractivity contribution in [1.82, 2.24) is 10.5 Å². The van der Waals surface area contributed by atoms with Crippen LogP contribution in [0.4, 0.5) is 0 Å². The molecule has 0 saturated carbocycles. The topological polar surface area (TPSA) is 24.1 Å². The second-order valence-electron chi connectivity index (χ2n) is 5.29. The van der Waals surface area contributed by atoms with Crippen molar-refractivity contribution in [3.63, 3.8) is 0 Å². The largest absolute Gasteiger partial charge is 0.472 e. The lowest BCUT2D eigenvalue weighted by Crippen LogP contribution is -2.74. The second kappa shape index (κ2) is 5.35. The Morgan fingerprint density at radius 1 is 0.867 bits per heavy atom. The van der Waals surface area contributed by atoms with E-state index >= 15 is 0 Å². The van der Waals surface area contributed by atoms with Crippen LogP contribution in [0.5, 0.6) is 0 Å². The fourth-order valence-electron chi connectivity index (χ4n) is 3.19. The summed E-state index contributed by atoms with van der Waals surface area (Å²) >= 11 is 0. The van der Waals surface area contributed by atoms with E-state index in [4.69, 9.17) is 0 Å². The summed E-state index contributed by atoms with van der Waals surface area (Å²) in [5.74, 6) is 0.757. The molecule has 1 aliphatic heterocycles. The molecule has 0 spiro atoms. The molecule has 1 aliphatic rings. The van der Waals surface area contributed by atoms with Crippen molar-refractivity contribution in [3.05, 3.63) is 0 Å². The lowest BCUT2D eigenvalue weighted by Gasteiger charge is -2.55. The van der Waals surface area contributed by atoms with E-state index in [0.29, 0.717) is 12.1 Å². The molecule has 90 valence electrons. The number of nitrogens with one attached hydrogen (secondary N) is 2. The third-order valence-electron chi connectivity index (χ3n) is 4.61. The van der Waals surface area contributed by atoms with E-state index in [2.05, 4.69) is 45.1 Å². The summed E-state index contributed by atoms with van der Waals surface area (Å²) < 4.78 is 0. The minimum absolute atomic E-state index is 0.500. The first-order chi connectivity index (χ1) is 7.12. The normalized spacial score (nSPS) is 35.4. The Kier molecular flexibility index (Phi) is 4.66. The van der Waals surface area contributed by atoms with E-state index in [0.717, 1.165) is 5.92 Å². The highest BCUT2D eigenvalue weighted by atomic mass is 15.1. The lowest BCUT2D eigenvalue weighted by atomic mass is 9.40. The van der Waals surface area contributed by atoms with Gasteiger partial charge in [0, 0.05) is 0 Å². The van der Waals surface area contributed by atoms with Crippen molar-refractivity contribution >= 4 is 6.42 Å². The van der Waals surface area contributed by atoms with Gasteiger partial charge in [-0.1, -0.05) is 34.6 Å². The van der Waals surface area contributed by atoms with Crippen molar-refractivity contribution in [2.75, 3.05) is 0 Å². The van der Waals surface area contributed by atoms with Gasteiger partial charge in [-0.05, 0) is 30.8 Å². The van der Waals surface area contributed by atoms with Crippen molar-refractivity contribution in [2.24, 2.45) is 5.92 Å². The maximum absolute atomic E-state index is 3.88. The van der Waals surface area contributed by atoms with Crippen LogP contribution < -0.4 is 10.5 Å². The van der Waals surface area contributed by atoms with Crippen molar-refractivity contribution in [2.45, 2.75) is 72.2 Å². The molecule has 0 amide bonds. The van der Waals surface area contributed by atoms with Crippen LogP contribution in [0.15, 0.2) is 0 Å². The van der Waals surface area contributed by atoms with E-state index in [1.807, 2.05) is 0 Å². The molecule has 1 rings (SSSR count). The van der Waals surface area contributed by atoms with Gasteiger partial charge in [0.15, 0.2) is 0 Å². The molecule has 0 aromatic carbocycles. The van der Waals surface area contributed by atoms with Crippen molar-refractivity contribution in [3.8, 4) is 0 Å². The van der Waals surface area contributed by atoms with Crippen LogP contribution in [-0.4, -0.2) is 18.5 Å². The molecule has 0 aromatic heterocycles. The van der Waals surface area contributed by atoms with Crippen molar-refractivity contribution in [1.29, 1.82) is 0 Å². The van der Waals surface area contributed by atoms with Gasteiger partial charge < -0.3 is 10.5 Å². The standard InChI is InChI=1S/C12H28BN2/c1-6-11-10(5)12(7-2)15-13(8-3,9-4)14-11/h10-12,14-15H,6-9H2,1-5H3/q-1. The Morgan fingerprint density at radius 3 is 1.53 bits per heavy atom. The van der Waals surface area contributed by atoms with E-state index in [9.17, 15) is 0 Å². The molecule has 15 heavy (non-hydrogen) atoms. The summed E-state index contributed by atoms with van der Waals surface area (Å²) in [4.78, 5) is 0. The van der Waals surface area contributed by atoms with Crippen LogP contribution in [0, 0.1) is 5.92 Å². The fourth-order valence-corrected chi connectivity index (χ4v) is 3.19. The van der Waals surface area contributed by atoms with E-state index in [1.54, 1.807) is 0 Å². The molecular weight excluding hydrogens is 183 g/mol. The Morgan fingerprint density at radius 2 is 1.27 bits per heavy atom. The van der Waals surface area contributed by atoms with Crippen LogP contribution in [0.1, 0.15) is 47.5 Å². The van der Waals surface area contributed by atoms with Gasteiger partial charge >= 0.3 is 0 Å². The zero-order valence-electron chi connectivity index (χ0n) is 11.1. The third-order valence-corrected chi connectivity index (χ3v) is 4.61. The number of hydrogen-bond acceptors (Lipinski definition) is 2. The third kappa shape index (κ3) is 2.56. The molecule has 1 saturated heterocycles. The Hall–Kier alpha value is -0.0151. The van der Waals surface area contributed by atoms with Crippen LogP contribution >= 0.6 is 0 Å². The van der Waals surface area contributed by atoms with Crippen LogP contribution in [-0.2, 0) is 0 Å². The molecule has 0 aromatic rings. The van der Waals surface area contributed by atoms with Gasteiger partial charge in [-0.15, -0.1) is 0 Å². The molecule has 2 nitrogen and oxygen atoms in total. The highest BCUT2D eigenvalue weighted by Gasteiger charge is 2.35. The summed E-state index contributed by atoms with van der Waals surface area (Å²) in [5.41, 5.74) is 0. The average molecular weight is 211 g/mol. The minimum atomic E-state index is -0.500. The molecule has 3 heteroatoms. The highest BCUT2D eigenvalue weighted by Crippen LogP contribution is 2.25. The molecule has 2 unspecified atom stereocenters. The maximum atomic E-state index is 3.88. The van der Waals surface area contributed by atoms with Gasteiger partial charge in [-0.3, -0.25) is 0 Å². The summed E-state index contributed by atoms with van der Waals surface area (Å²) in [6, 6.07) is 1.41. The molecule has 2 N–H and O–H groups in total. The van der Waals surface area contributed by atoms with Crippen LogP contribution in [0.25, 0.3) is 0 Å². The second-order valence-corrected chi connectivity index (χ2v) is 5.29. The van der Waals surface area contributed by atoms with Gasteiger partial charge in [-0.2, -0.15) is 12.6 Å². The lowest BCUT2D eigenvalue weighted by molar-refractivity contribution is 0.289. The van der Waals surface area contributed by atoms with Gasteiger partial charge in [0.25, 0.3) is 0 Å². The average Bonchev–Trinajstić information content (AvgIpc) is 2.30. The summed E-state index contributed by atoms with van der Waals surface area (Å²) in [5, 5.41) is 7.76. The number of hydrogen-bond donors (Lipinski definition) is 2. The molecule has 1 heterocycles. The zero-order chi connectivity index (χ0) is 11.5. The van der Waals surface area contributed by atoms with Crippen LogP contribution in [0.2, 0.25) is 12.6 Å². The predicted molar refractivity (Wildman–Crippen MR) is 70.3 cm³/mol.